The van der Waals surface area contributed by atoms with Crippen LogP contribution < -0.4 is 10.1 Å². The molecule has 0 aliphatic rings. The molecule has 1 unspecified atom stereocenters. The van der Waals surface area contributed by atoms with Crippen molar-refractivity contribution in [2.45, 2.75) is 19.6 Å². The number of halogens is 1. The van der Waals surface area contributed by atoms with Gasteiger partial charge in [-0.05, 0) is 35.0 Å². The Labute approximate surface area is 115 Å². The highest BCUT2D eigenvalue weighted by Crippen LogP contribution is 2.24. The minimum absolute atomic E-state index is 0.0960. The molecule has 0 fully saturated rings. The highest BCUT2D eigenvalue weighted by atomic mass is 79.9. The Hall–Kier alpha value is -1.33. The van der Waals surface area contributed by atoms with Crippen molar-refractivity contribution in [3.05, 3.63) is 47.0 Å². The predicted octanol–water partition coefficient (Wildman–Crippen LogP) is 2.73. The van der Waals surface area contributed by atoms with Crippen molar-refractivity contribution in [2.75, 3.05) is 6.54 Å². The summed E-state index contributed by atoms with van der Waals surface area (Å²) in [7, 11) is 0. The number of para-hydroxylation sites is 1. The standard InChI is InChI=1S/C13H16BrN3O/c1-10(8-15-9-13-16-6-7-17-13)18-12-5-3-2-4-11(12)14/h2-7,10,15H,8-9H2,1H3,(H,16,17). The van der Waals surface area contributed by atoms with E-state index in [0.29, 0.717) is 0 Å². The average molecular weight is 310 g/mol. The summed E-state index contributed by atoms with van der Waals surface area (Å²) in [6.45, 7) is 3.52. The van der Waals surface area contributed by atoms with Crippen molar-refractivity contribution in [3.63, 3.8) is 0 Å². The summed E-state index contributed by atoms with van der Waals surface area (Å²) in [5, 5.41) is 3.29. The Bertz CT molecular complexity index is 473. The zero-order valence-electron chi connectivity index (χ0n) is 10.2. The second-order valence-corrected chi connectivity index (χ2v) is 4.88. The molecule has 1 atom stereocenters. The first kappa shape index (κ1) is 13.1. The van der Waals surface area contributed by atoms with Crippen LogP contribution in [0.5, 0.6) is 5.75 Å². The lowest BCUT2D eigenvalue weighted by Gasteiger charge is -2.16. The molecule has 1 aromatic carbocycles. The van der Waals surface area contributed by atoms with Gasteiger partial charge in [0.2, 0.25) is 0 Å². The zero-order chi connectivity index (χ0) is 12.8. The maximum atomic E-state index is 5.82. The average Bonchev–Trinajstić information content (AvgIpc) is 2.85. The summed E-state index contributed by atoms with van der Waals surface area (Å²) in [6, 6.07) is 7.85. The number of aromatic amines is 1. The first-order valence-electron chi connectivity index (χ1n) is 5.86. The van der Waals surface area contributed by atoms with Crippen LogP contribution in [0.3, 0.4) is 0 Å². The number of H-pyrrole nitrogens is 1. The lowest BCUT2D eigenvalue weighted by molar-refractivity contribution is 0.215. The van der Waals surface area contributed by atoms with E-state index in [4.69, 9.17) is 4.74 Å². The van der Waals surface area contributed by atoms with Gasteiger partial charge in [-0.3, -0.25) is 0 Å². The number of benzene rings is 1. The van der Waals surface area contributed by atoms with Gasteiger partial charge in [0.15, 0.2) is 0 Å². The molecular weight excluding hydrogens is 294 g/mol. The van der Waals surface area contributed by atoms with Crippen LogP contribution in [0.2, 0.25) is 0 Å². The predicted molar refractivity (Wildman–Crippen MR) is 74.5 cm³/mol. The van der Waals surface area contributed by atoms with Gasteiger partial charge in [-0.25, -0.2) is 4.98 Å². The molecule has 2 aromatic rings. The molecule has 2 N–H and O–H groups in total. The molecule has 0 saturated carbocycles. The quantitative estimate of drug-likeness (QED) is 0.862. The van der Waals surface area contributed by atoms with Gasteiger partial charge in [0.1, 0.15) is 17.7 Å². The maximum absolute atomic E-state index is 5.82. The van der Waals surface area contributed by atoms with E-state index in [0.717, 1.165) is 29.1 Å². The summed E-state index contributed by atoms with van der Waals surface area (Å²) >= 11 is 3.46. The molecule has 0 saturated heterocycles. The normalized spacial score (nSPS) is 12.3. The molecule has 1 aromatic heterocycles. The number of rotatable bonds is 6. The van der Waals surface area contributed by atoms with Crippen LogP contribution in [0.4, 0.5) is 0 Å². The molecule has 5 heteroatoms. The van der Waals surface area contributed by atoms with Gasteiger partial charge in [-0.1, -0.05) is 12.1 Å². The van der Waals surface area contributed by atoms with Gasteiger partial charge in [0.05, 0.1) is 11.0 Å². The fraction of sp³-hybridized carbons (Fsp3) is 0.308. The van der Waals surface area contributed by atoms with E-state index in [-0.39, 0.29) is 6.10 Å². The number of imidazole rings is 1. The van der Waals surface area contributed by atoms with E-state index in [2.05, 4.69) is 31.2 Å². The fourth-order valence-corrected chi connectivity index (χ4v) is 1.97. The van der Waals surface area contributed by atoms with Crippen molar-refractivity contribution in [2.24, 2.45) is 0 Å². The lowest BCUT2D eigenvalue weighted by Crippen LogP contribution is -2.29. The topological polar surface area (TPSA) is 49.9 Å². The number of aromatic nitrogens is 2. The van der Waals surface area contributed by atoms with Crippen molar-refractivity contribution >= 4 is 15.9 Å². The number of hydrogen-bond donors (Lipinski definition) is 2. The highest BCUT2D eigenvalue weighted by Gasteiger charge is 2.06. The van der Waals surface area contributed by atoms with Crippen LogP contribution in [0, 0.1) is 0 Å². The Morgan fingerprint density at radius 3 is 3.00 bits per heavy atom. The van der Waals surface area contributed by atoms with Gasteiger partial charge in [-0.2, -0.15) is 0 Å². The Morgan fingerprint density at radius 2 is 2.28 bits per heavy atom. The maximum Gasteiger partial charge on any atom is 0.133 e. The number of nitrogens with zero attached hydrogens (tertiary/aromatic N) is 1. The summed E-state index contributed by atoms with van der Waals surface area (Å²) in [6.07, 6.45) is 3.66. The molecule has 0 spiro atoms. The molecule has 96 valence electrons. The minimum atomic E-state index is 0.0960. The van der Waals surface area contributed by atoms with Gasteiger partial charge in [-0.15, -0.1) is 0 Å². The molecule has 0 aliphatic heterocycles. The van der Waals surface area contributed by atoms with E-state index in [1.807, 2.05) is 37.4 Å². The summed E-state index contributed by atoms with van der Waals surface area (Å²) < 4.78 is 6.80. The Kier molecular flexibility index (Phi) is 4.78. The molecule has 0 radical (unpaired) electrons. The van der Waals surface area contributed by atoms with E-state index in [1.54, 1.807) is 6.20 Å². The molecule has 1 heterocycles. The van der Waals surface area contributed by atoms with Crippen LogP contribution in [-0.4, -0.2) is 22.6 Å². The van der Waals surface area contributed by atoms with Gasteiger partial charge in [0.25, 0.3) is 0 Å². The Balaban J connectivity index is 1.75. The van der Waals surface area contributed by atoms with E-state index in [1.165, 1.54) is 0 Å². The molecule has 2 rings (SSSR count). The molecule has 0 amide bonds. The molecular formula is C13H16BrN3O. The largest absolute Gasteiger partial charge is 0.488 e. The summed E-state index contributed by atoms with van der Waals surface area (Å²) in [5.41, 5.74) is 0. The monoisotopic (exact) mass is 309 g/mol. The summed E-state index contributed by atoms with van der Waals surface area (Å²) in [4.78, 5) is 7.19. The molecule has 0 aliphatic carbocycles. The Morgan fingerprint density at radius 1 is 1.44 bits per heavy atom. The van der Waals surface area contributed by atoms with Gasteiger partial charge >= 0.3 is 0 Å². The van der Waals surface area contributed by atoms with Gasteiger partial charge in [0, 0.05) is 18.9 Å². The second-order valence-electron chi connectivity index (χ2n) is 4.03. The summed E-state index contributed by atoms with van der Waals surface area (Å²) in [5.74, 6) is 1.80. The third-order valence-corrected chi connectivity index (χ3v) is 3.10. The first-order chi connectivity index (χ1) is 8.75. The smallest absolute Gasteiger partial charge is 0.133 e. The molecule has 18 heavy (non-hydrogen) atoms. The van der Waals surface area contributed by atoms with Crippen molar-refractivity contribution in [1.82, 2.24) is 15.3 Å². The van der Waals surface area contributed by atoms with Crippen LogP contribution in [0.1, 0.15) is 12.7 Å². The number of ether oxygens (including phenoxy) is 1. The van der Waals surface area contributed by atoms with Crippen LogP contribution in [0.25, 0.3) is 0 Å². The minimum Gasteiger partial charge on any atom is -0.488 e. The van der Waals surface area contributed by atoms with Crippen molar-refractivity contribution in [3.8, 4) is 5.75 Å². The third kappa shape index (κ3) is 3.85. The third-order valence-electron chi connectivity index (χ3n) is 2.44. The van der Waals surface area contributed by atoms with Gasteiger partial charge < -0.3 is 15.0 Å². The number of nitrogens with one attached hydrogen (secondary N) is 2. The zero-order valence-corrected chi connectivity index (χ0v) is 11.8. The lowest BCUT2D eigenvalue weighted by atomic mass is 10.3. The van der Waals surface area contributed by atoms with E-state index in [9.17, 15) is 0 Å². The highest BCUT2D eigenvalue weighted by molar-refractivity contribution is 9.10. The fourth-order valence-electron chi connectivity index (χ4n) is 1.59. The second kappa shape index (κ2) is 6.56. The van der Waals surface area contributed by atoms with E-state index >= 15 is 0 Å². The SMILES string of the molecule is CC(CNCc1ncc[nH]1)Oc1ccccc1Br. The van der Waals surface area contributed by atoms with Crippen molar-refractivity contribution < 1.29 is 4.74 Å². The first-order valence-corrected chi connectivity index (χ1v) is 6.65. The molecule has 4 nitrogen and oxygen atoms in total. The number of hydrogen-bond acceptors (Lipinski definition) is 3. The molecule has 0 bridgehead atoms. The van der Waals surface area contributed by atoms with Crippen LogP contribution in [0.15, 0.2) is 41.1 Å². The van der Waals surface area contributed by atoms with E-state index < -0.39 is 0 Å². The van der Waals surface area contributed by atoms with Crippen LogP contribution >= 0.6 is 15.9 Å². The van der Waals surface area contributed by atoms with Crippen LogP contribution in [-0.2, 0) is 6.54 Å². The van der Waals surface area contributed by atoms with Crippen molar-refractivity contribution in [1.29, 1.82) is 0 Å².